The first-order valence-electron chi connectivity index (χ1n) is 25.0. The molecule has 0 unspecified atom stereocenters. The smallest absolute Gasteiger partial charge is 0.0541 e. The van der Waals surface area contributed by atoms with Gasteiger partial charge in [-0.05, 0) is 166 Å². The average molecular weight is 1010 g/mol. The zero-order valence-electron chi connectivity index (χ0n) is 40.6. The Bertz CT molecular complexity index is 3570. The number of hydrogen-bond donors (Lipinski definition) is 0. The van der Waals surface area contributed by atoms with Crippen molar-refractivity contribution >= 4 is 96.2 Å². The third-order valence-corrected chi connectivity index (χ3v) is 14.2. The molecule has 0 N–H and O–H groups in total. The third-order valence-electron chi connectivity index (χ3n) is 13.6. The molecule has 0 amide bonds. The molecule has 0 bridgehead atoms. The molecule has 1 aromatic heterocycles. The number of hydrogen-bond acceptors (Lipinski definition) is 2. The lowest BCUT2D eigenvalue weighted by Gasteiger charge is -2.25. The molecule has 0 fully saturated rings. The summed E-state index contributed by atoms with van der Waals surface area (Å²) in [7, 11) is 0. The summed E-state index contributed by atoms with van der Waals surface area (Å²) in [4.78, 5) is 4.57. The number of para-hydroxylation sites is 4. The van der Waals surface area contributed by atoms with Crippen molar-refractivity contribution in [2.24, 2.45) is 0 Å². The number of anilines is 6. The van der Waals surface area contributed by atoms with Crippen molar-refractivity contribution in [3.05, 3.63) is 306 Å². The van der Waals surface area contributed by atoms with Crippen LogP contribution in [0.3, 0.4) is 0 Å². The number of rotatable bonds is 13. The minimum atomic E-state index is 1.06. The number of aromatic nitrogens is 1. The van der Waals surface area contributed by atoms with Crippen LogP contribution in [0.25, 0.3) is 74.1 Å². The molecule has 11 aromatic carbocycles. The summed E-state index contributed by atoms with van der Waals surface area (Å²) in [6.07, 6.45) is 8.75. The first-order chi connectivity index (χ1) is 36.6. The summed E-state index contributed by atoms with van der Waals surface area (Å²) in [6.45, 7) is 0. The fourth-order valence-corrected chi connectivity index (χ4v) is 10.1. The molecular weight excluding hydrogens is 963 g/mol. The van der Waals surface area contributed by atoms with Crippen molar-refractivity contribution in [3.8, 4) is 27.9 Å². The van der Waals surface area contributed by atoms with E-state index in [9.17, 15) is 0 Å². The first kappa shape index (κ1) is 45.9. The van der Waals surface area contributed by atoms with Crippen LogP contribution in [-0.4, -0.2) is 4.57 Å². The highest BCUT2D eigenvalue weighted by molar-refractivity contribution is 9.10. The van der Waals surface area contributed by atoms with E-state index in [1.807, 2.05) is 0 Å². The van der Waals surface area contributed by atoms with Gasteiger partial charge in [0.15, 0.2) is 0 Å². The lowest BCUT2D eigenvalue weighted by Crippen LogP contribution is -2.09. The molecule has 0 saturated carbocycles. The van der Waals surface area contributed by atoms with Crippen molar-refractivity contribution in [2.45, 2.75) is 0 Å². The summed E-state index contributed by atoms with van der Waals surface area (Å²) in [6, 6.07) is 99.7. The fourth-order valence-electron chi connectivity index (χ4n) is 9.88. The maximum atomic E-state index is 3.66. The van der Waals surface area contributed by atoms with E-state index < -0.39 is 0 Å². The Hall–Kier alpha value is -9.22. The second-order valence-corrected chi connectivity index (χ2v) is 19.3. The first-order valence-corrected chi connectivity index (χ1v) is 25.8. The molecule has 0 radical (unpaired) electrons. The predicted octanol–water partition coefficient (Wildman–Crippen LogP) is 20.2. The average Bonchev–Trinajstić information content (AvgIpc) is 3.79. The van der Waals surface area contributed by atoms with Gasteiger partial charge in [0.2, 0.25) is 0 Å². The monoisotopic (exact) mass is 1010 g/mol. The van der Waals surface area contributed by atoms with Gasteiger partial charge in [0, 0.05) is 55.1 Å². The molecule has 3 nitrogen and oxygen atoms in total. The van der Waals surface area contributed by atoms with Gasteiger partial charge < -0.3 is 14.4 Å². The fraction of sp³-hybridized carbons (Fsp3) is 0. The van der Waals surface area contributed by atoms with Crippen LogP contribution in [0.5, 0.6) is 0 Å². The summed E-state index contributed by atoms with van der Waals surface area (Å²) in [5, 5.41) is 2.43. The Morgan fingerprint density at radius 3 is 0.878 bits per heavy atom. The summed E-state index contributed by atoms with van der Waals surface area (Å²) in [5.41, 5.74) is 19.5. The van der Waals surface area contributed by atoms with Crippen molar-refractivity contribution in [2.75, 3.05) is 9.80 Å². The Kier molecular flexibility index (Phi) is 12.9. The molecule has 0 spiro atoms. The molecule has 0 saturated heterocycles. The van der Waals surface area contributed by atoms with E-state index in [1.54, 1.807) is 0 Å². The van der Waals surface area contributed by atoms with Gasteiger partial charge in [0.1, 0.15) is 0 Å². The normalized spacial score (nSPS) is 11.5. The maximum Gasteiger partial charge on any atom is 0.0541 e. The highest BCUT2D eigenvalue weighted by Crippen LogP contribution is 2.39. The van der Waals surface area contributed by atoms with E-state index in [0.717, 1.165) is 66.5 Å². The quantitative estimate of drug-likeness (QED) is 0.107. The Balaban J connectivity index is 0.791. The molecule has 74 heavy (non-hydrogen) atoms. The molecule has 0 atom stereocenters. The van der Waals surface area contributed by atoms with Crippen molar-refractivity contribution < 1.29 is 0 Å². The minimum Gasteiger partial charge on any atom is -0.311 e. The van der Waals surface area contributed by atoms with Crippen LogP contribution in [0.4, 0.5) is 34.1 Å². The number of nitrogens with zero attached hydrogens (tertiary/aromatic N) is 3. The molecule has 0 aliphatic carbocycles. The molecule has 352 valence electrons. The van der Waals surface area contributed by atoms with E-state index in [-0.39, 0.29) is 0 Å². The zero-order valence-corrected chi connectivity index (χ0v) is 42.2. The van der Waals surface area contributed by atoms with Crippen molar-refractivity contribution in [1.29, 1.82) is 0 Å². The van der Waals surface area contributed by atoms with Crippen LogP contribution in [0.1, 0.15) is 22.3 Å². The Morgan fingerprint density at radius 1 is 0.270 bits per heavy atom. The van der Waals surface area contributed by atoms with Crippen molar-refractivity contribution in [3.63, 3.8) is 0 Å². The van der Waals surface area contributed by atoms with Crippen LogP contribution in [0.2, 0.25) is 0 Å². The number of fused-ring (bicyclic) bond motifs is 3. The molecule has 0 aliphatic heterocycles. The lowest BCUT2D eigenvalue weighted by atomic mass is 9.99. The third kappa shape index (κ3) is 9.75. The number of benzene rings is 11. The maximum absolute atomic E-state index is 3.66. The van der Waals surface area contributed by atoms with Crippen LogP contribution < -0.4 is 9.80 Å². The Morgan fingerprint density at radius 2 is 0.554 bits per heavy atom. The van der Waals surface area contributed by atoms with Gasteiger partial charge >= 0.3 is 0 Å². The van der Waals surface area contributed by atoms with Gasteiger partial charge in [-0.15, -0.1) is 0 Å². The number of halogens is 1. The van der Waals surface area contributed by atoms with Crippen LogP contribution in [-0.2, 0) is 0 Å². The topological polar surface area (TPSA) is 11.4 Å². The van der Waals surface area contributed by atoms with E-state index in [0.29, 0.717) is 0 Å². The van der Waals surface area contributed by atoms with Gasteiger partial charge in [-0.1, -0.05) is 198 Å². The highest BCUT2D eigenvalue weighted by Gasteiger charge is 2.16. The second kappa shape index (κ2) is 20.9. The van der Waals surface area contributed by atoms with Gasteiger partial charge in [0.05, 0.1) is 11.0 Å². The van der Waals surface area contributed by atoms with Gasteiger partial charge in [0.25, 0.3) is 0 Å². The predicted molar refractivity (Wildman–Crippen MR) is 319 cm³/mol. The minimum absolute atomic E-state index is 1.06. The van der Waals surface area contributed by atoms with Gasteiger partial charge in [-0.3, -0.25) is 0 Å². The summed E-state index contributed by atoms with van der Waals surface area (Å²) >= 11 is 3.66. The van der Waals surface area contributed by atoms with Crippen LogP contribution in [0, 0.1) is 0 Å². The van der Waals surface area contributed by atoms with Crippen molar-refractivity contribution in [1.82, 2.24) is 4.57 Å². The summed E-state index contributed by atoms with van der Waals surface area (Å²) in [5.74, 6) is 0. The van der Waals surface area contributed by atoms with Crippen LogP contribution >= 0.6 is 15.9 Å². The highest BCUT2D eigenvalue weighted by atomic mass is 79.9. The van der Waals surface area contributed by atoms with E-state index in [4.69, 9.17) is 0 Å². The van der Waals surface area contributed by atoms with Crippen LogP contribution in [0.15, 0.2) is 284 Å². The van der Waals surface area contributed by atoms with E-state index in [2.05, 4.69) is 334 Å². The molecular formula is C70H50BrN3. The Labute approximate surface area is 441 Å². The molecule has 1 heterocycles. The summed E-state index contributed by atoms with van der Waals surface area (Å²) < 4.78 is 3.44. The second-order valence-electron chi connectivity index (χ2n) is 18.4. The standard InChI is InChI=1S/C70H50BrN3/c71-59-39-45-66(46-40-59)74-69-47-37-57(55-33-25-51(26-34-55)21-23-53-29-41-64(42-30-53)72(60-13-5-1-6-14-60)61-15-7-2-8-16-61)49-67(69)68-50-58(38-48-70(68)74)56-35-27-52(28-36-56)22-24-54-31-43-65(44-32-54)73(62-17-9-3-10-18-62)63-19-11-4-12-20-63/h1-50H/b23-21+,24-22+. The van der Waals surface area contributed by atoms with Gasteiger partial charge in [-0.25, -0.2) is 0 Å². The van der Waals surface area contributed by atoms with Gasteiger partial charge in [-0.2, -0.15) is 0 Å². The zero-order chi connectivity index (χ0) is 49.6. The lowest BCUT2D eigenvalue weighted by molar-refractivity contribution is 1.18. The largest absolute Gasteiger partial charge is 0.311 e. The molecule has 12 rings (SSSR count). The molecule has 4 heteroatoms. The van der Waals surface area contributed by atoms with E-state index in [1.165, 1.54) is 44.1 Å². The molecule has 0 aliphatic rings. The van der Waals surface area contributed by atoms with E-state index >= 15 is 0 Å². The molecule has 12 aromatic rings. The SMILES string of the molecule is Brc1ccc(-n2c3ccc(-c4ccc(/C=C/c5ccc(N(c6ccccc6)c6ccccc6)cc5)cc4)cc3c3cc(-c4ccc(/C=C/c5ccc(N(c6ccccc6)c6ccccc6)cc5)cc4)ccc32)cc1.